The highest BCUT2D eigenvalue weighted by Crippen LogP contribution is 2.40. The Labute approximate surface area is 138 Å². The molecule has 1 aromatic carbocycles. The van der Waals surface area contributed by atoms with E-state index in [1.165, 1.54) is 12.1 Å². The molecule has 0 aliphatic carbocycles. The van der Waals surface area contributed by atoms with E-state index in [1.54, 1.807) is 0 Å². The standard InChI is InChI=1S/C15H20BrN3O3/c1-10(2)7-14(18-5-3-17-4-6-18)12-8-11(19(21)22)9-13(16)15(12)20/h8-9,14,17,20H,1,3-7H2,2H3/t14-/m1/s1. The summed E-state index contributed by atoms with van der Waals surface area (Å²) in [6.07, 6.45) is 0.654. The van der Waals surface area contributed by atoms with Crippen molar-refractivity contribution >= 4 is 21.6 Å². The number of halogens is 1. The molecule has 0 saturated carbocycles. The molecule has 120 valence electrons. The molecule has 1 fully saturated rings. The van der Waals surface area contributed by atoms with Gasteiger partial charge in [0, 0.05) is 49.9 Å². The highest BCUT2D eigenvalue weighted by Gasteiger charge is 2.27. The number of rotatable bonds is 5. The highest BCUT2D eigenvalue weighted by molar-refractivity contribution is 9.10. The van der Waals surface area contributed by atoms with Crippen molar-refractivity contribution < 1.29 is 10.0 Å². The summed E-state index contributed by atoms with van der Waals surface area (Å²) in [5.41, 5.74) is 1.53. The van der Waals surface area contributed by atoms with Crippen LogP contribution in [-0.2, 0) is 0 Å². The van der Waals surface area contributed by atoms with Crippen molar-refractivity contribution in [3.63, 3.8) is 0 Å². The number of phenolic OH excluding ortho intramolecular Hbond substituents is 1. The van der Waals surface area contributed by atoms with Gasteiger partial charge in [0.15, 0.2) is 0 Å². The van der Waals surface area contributed by atoms with E-state index < -0.39 is 4.92 Å². The molecule has 1 aliphatic rings. The molecule has 2 rings (SSSR count). The van der Waals surface area contributed by atoms with Crippen molar-refractivity contribution in [3.8, 4) is 5.75 Å². The number of nitro benzene ring substituents is 1. The van der Waals surface area contributed by atoms with Crippen LogP contribution in [0.15, 0.2) is 28.8 Å². The van der Waals surface area contributed by atoms with Crippen LogP contribution in [0.5, 0.6) is 5.75 Å². The number of piperazine rings is 1. The molecule has 22 heavy (non-hydrogen) atoms. The SMILES string of the molecule is C=C(C)C[C@H](c1cc([N+](=O)[O-])cc(Br)c1O)N1CCNCC1. The van der Waals surface area contributed by atoms with Crippen LogP contribution in [0.2, 0.25) is 0 Å². The Morgan fingerprint density at radius 2 is 2.18 bits per heavy atom. The second-order valence-electron chi connectivity index (χ2n) is 5.59. The maximum absolute atomic E-state index is 11.1. The molecule has 1 saturated heterocycles. The number of nitrogens with zero attached hydrogens (tertiary/aromatic N) is 2. The predicted molar refractivity (Wildman–Crippen MR) is 89.1 cm³/mol. The van der Waals surface area contributed by atoms with Gasteiger partial charge in [-0.05, 0) is 29.3 Å². The lowest BCUT2D eigenvalue weighted by atomic mass is 9.96. The Morgan fingerprint density at radius 1 is 1.55 bits per heavy atom. The number of nitro groups is 1. The zero-order valence-electron chi connectivity index (χ0n) is 12.5. The van der Waals surface area contributed by atoms with Gasteiger partial charge in [0.25, 0.3) is 5.69 Å². The number of non-ortho nitro benzene ring substituents is 1. The first-order valence-corrected chi connectivity index (χ1v) is 7.95. The summed E-state index contributed by atoms with van der Waals surface area (Å²) in [6.45, 7) is 9.28. The third kappa shape index (κ3) is 3.85. The summed E-state index contributed by atoms with van der Waals surface area (Å²) >= 11 is 3.22. The Morgan fingerprint density at radius 3 is 2.73 bits per heavy atom. The number of phenols is 1. The minimum Gasteiger partial charge on any atom is -0.506 e. The minimum atomic E-state index is -0.441. The minimum absolute atomic E-state index is 0.0264. The van der Waals surface area contributed by atoms with E-state index in [4.69, 9.17) is 0 Å². The monoisotopic (exact) mass is 369 g/mol. The lowest BCUT2D eigenvalue weighted by Crippen LogP contribution is -2.45. The topological polar surface area (TPSA) is 78.6 Å². The van der Waals surface area contributed by atoms with E-state index in [0.717, 1.165) is 31.8 Å². The van der Waals surface area contributed by atoms with Crippen molar-refractivity contribution in [1.29, 1.82) is 0 Å². The van der Waals surface area contributed by atoms with Gasteiger partial charge in [-0.15, -0.1) is 6.58 Å². The van der Waals surface area contributed by atoms with E-state index in [1.807, 2.05) is 6.92 Å². The van der Waals surface area contributed by atoms with Crippen LogP contribution >= 0.6 is 15.9 Å². The molecule has 0 amide bonds. The third-order valence-electron chi connectivity index (χ3n) is 3.78. The normalized spacial score (nSPS) is 17.2. The van der Waals surface area contributed by atoms with Crippen LogP contribution in [0.1, 0.15) is 24.9 Å². The van der Waals surface area contributed by atoms with Crippen LogP contribution < -0.4 is 5.32 Å². The first kappa shape index (κ1) is 16.9. The van der Waals surface area contributed by atoms with Crippen LogP contribution in [0.4, 0.5) is 5.69 Å². The van der Waals surface area contributed by atoms with Crippen LogP contribution in [-0.4, -0.2) is 41.1 Å². The number of hydrogen-bond donors (Lipinski definition) is 2. The van der Waals surface area contributed by atoms with Gasteiger partial charge in [-0.2, -0.15) is 0 Å². The average molecular weight is 370 g/mol. The van der Waals surface area contributed by atoms with Crippen molar-refractivity contribution in [2.75, 3.05) is 26.2 Å². The molecule has 1 heterocycles. The smallest absolute Gasteiger partial charge is 0.271 e. The number of aromatic hydroxyl groups is 1. The number of benzene rings is 1. The van der Waals surface area contributed by atoms with E-state index in [0.29, 0.717) is 16.5 Å². The summed E-state index contributed by atoms with van der Waals surface area (Å²) in [6, 6.07) is 2.68. The lowest BCUT2D eigenvalue weighted by Gasteiger charge is -2.35. The van der Waals surface area contributed by atoms with Crippen molar-refractivity contribution in [3.05, 3.63) is 44.4 Å². The summed E-state index contributed by atoms with van der Waals surface area (Å²) < 4.78 is 0.346. The number of nitrogens with one attached hydrogen (secondary N) is 1. The molecule has 0 aromatic heterocycles. The summed E-state index contributed by atoms with van der Waals surface area (Å²) in [7, 11) is 0. The van der Waals surface area contributed by atoms with Gasteiger partial charge in [-0.1, -0.05) is 5.57 Å². The van der Waals surface area contributed by atoms with E-state index in [-0.39, 0.29) is 17.5 Å². The first-order valence-electron chi connectivity index (χ1n) is 7.16. The van der Waals surface area contributed by atoms with Gasteiger partial charge < -0.3 is 10.4 Å². The average Bonchev–Trinajstić information content (AvgIpc) is 2.48. The van der Waals surface area contributed by atoms with Crippen LogP contribution in [0.25, 0.3) is 0 Å². The lowest BCUT2D eigenvalue weighted by molar-refractivity contribution is -0.385. The fourth-order valence-corrected chi connectivity index (χ4v) is 3.19. The fraction of sp³-hybridized carbons (Fsp3) is 0.467. The Hall–Kier alpha value is -1.44. The van der Waals surface area contributed by atoms with Gasteiger partial charge in [0.05, 0.1) is 9.40 Å². The second-order valence-corrected chi connectivity index (χ2v) is 6.44. The summed E-state index contributed by atoms with van der Waals surface area (Å²) in [5, 5.41) is 24.8. The van der Waals surface area contributed by atoms with Gasteiger partial charge in [0.2, 0.25) is 0 Å². The highest BCUT2D eigenvalue weighted by atomic mass is 79.9. The third-order valence-corrected chi connectivity index (χ3v) is 4.39. The van der Waals surface area contributed by atoms with E-state index in [2.05, 4.69) is 32.7 Å². The fourth-order valence-electron chi connectivity index (χ4n) is 2.72. The van der Waals surface area contributed by atoms with Crippen molar-refractivity contribution in [2.24, 2.45) is 0 Å². The van der Waals surface area contributed by atoms with Gasteiger partial charge >= 0.3 is 0 Å². The van der Waals surface area contributed by atoms with Crippen molar-refractivity contribution in [2.45, 2.75) is 19.4 Å². The molecule has 1 aliphatic heterocycles. The molecule has 1 atom stereocenters. The maximum atomic E-state index is 11.1. The second kappa shape index (κ2) is 7.21. The molecule has 0 unspecified atom stereocenters. The van der Waals surface area contributed by atoms with Crippen LogP contribution in [0.3, 0.4) is 0 Å². The van der Waals surface area contributed by atoms with E-state index >= 15 is 0 Å². The zero-order valence-corrected chi connectivity index (χ0v) is 14.1. The quantitative estimate of drug-likeness (QED) is 0.473. The molecule has 1 aromatic rings. The molecule has 7 heteroatoms. The molecule has 0 spiro atoms. The van der Waals surface area contributed by atoms with Gasteiger partial charge in [-0.3, -0.25) is 15.0 Å². The summed E-state index contributed by atoms with van der Waals surface area (Å²) in [4.78, 5) is 12.9. The Bertz CT molecular complexity index is 586. The molecular weight excluding hydrogens is 350 g/mol. The maximum Gasteiger partial charge on any atom is 0.271 e. The molecular formula is C15H20BrN3O3. The van der Waals surface area contributed by atoms with Gasteiger partial charge in [0.1, 0.15) is 5.75 Å². The molecule has 2 N–H and O–H groups in total. The molecule has 0 bridgehead atoms. The molecule has 6 nitrogen and oxygen atoms in total. The zero-order chi connectivity index (χ0) is 16.3. The van der Waals surface area contributed by atoms with Crippen molar-refractivity contribution in [1.82, 2.24) is 10.2 Å². The van der Waals surface area contributed by atoms with Crippen LogP contribution in [0, 0.1) is 10.1 Å². The largest absolute Gasteiger partial charge is 0.506 e. The Kier molecular flexibility index (Phi) is 5.55. The molecule has 0 radical (unpaired) electrons. The first-order chi connectivity index (χ1) is 10.4. The van der Waals surface area contributed by atoms with Gasteiger partial charge in [-0.25, -0.2) is 0 Å². The summed E-state index contributed by atoms with van der Waals surface area (Å²) in [5.74, 6) is 0.0652. The predicted octanol–water partition coefficient (Wildman–Crippen LogP) is 2.98. The Balaban J connectivity index is 2.45. The number of hydrogen-bond acceptors (Lipinski definition) is 5. The van der Waals surface area contributed by atoms with E-state index in [9.17, 15) is 15.2 Å².